The molecule has 1 aromatic carbocycles. The first-order valence-electron chi connectivity index (χ1n) is 11.0. The fourth-order valence-electron chi connectivity index (χ4n) is 3.54. The van der Waals surface area contributed by atoms with E-state index in [-0.39, 0.29) is 37.8 Å². The summed E-state index contributed by atoms with van der Waals surface area (Å²) in [5.74, 6) is -0.0301. The Kier molecular flexibility index (Phi) is 9.40. The van der Waals surface area contributed by atoms with Crippen LogP contribution in [0.4, 0.5) is 0 Å². The van der Waals surface area contributed by atoms with Crippen molar-refractivity contribution in [3.05, 3.63) is 69.8 Å². The Morgan fingerprint density at radius 3 is 2.33 bits per heavy atom. The molecule has 0 unspecified atom stereocenters. The monoisotopic (exact) mass is 451 g/mol. The molecule has 0 atom stereocenters. The molecule has 0 N–H and O–H groups in total. The van der Waals surface area contributed by atoms with Gasteiger partial charge in [-0.25, -0.2) is 4.79 Å². The summed E-state index contributed by atoms with van der Waals surface area (Å²) in [5.41, 5.74) is 6.47. The Hall–Kier alpha value is -3.41. The van der Waals surface area contributed by atoms with Crippen LogP contribution in [-0.2, 0) is 19.1 Å². The Morgan fingerprint density at radius 2 is 1.70 bits per heavy atom. The summed E-state index contributed by atoms with van der Waals surface area (Å²) in [6, 6.07) is 2.05. The number of allylic oxidation sites excluding steroid dienone is 6. The van der Waals surface area contributed by atoms with Crippen LogP contribution in [0.3, 0.4) is 0 Å². The molecule has 0 aromatic heterocycles. The van der Waals surface area contributed by atoms with E-state index in [0.29, 0.717) is 0 Å². The Morgan fingerprint density at radius 1 is 1.03 bits per heavy atom. The number of benzene rings is 1. The number of hydrogen-bond donors (Lipinski definition) is 0. The lowest BCUT2D eigenvalue weighted by atomic mass is 9.96. The average Bonchev–Trinajstić information content (AvgIpc) is 3.08. The summed E-state index contributed by atoms with van der Waals surface area (Å²) in [6.07, 6.45) is 11.7. The molecule has 0 spiro atoms. The molecule has 2 rings (SSSR count). The van der Waals surface area contributed by atoms with Crippen molar-refractivity contribution in [2.45, 2.75) is 47.5 Å². The quantitative estimate of drug-likeness (QED) is 0.234. The van der Waals surface area contributed by atoms with E-state index >= 15 is 0 Å². The van der Waals surface area contributed by atoms with Crippen LogP contribution < -0.4 is 4.74 Å². The van der Waals surface area contributed by atoms with Crippen molar-refractivity contribution in [3.63, 3.8) is 0 Å². The molecule has 1 heterocycles. The van der Waals surface area contributed by atoms with Gasteiger partial charge in [-0.2, -0.15) is 0 Å². The van der Waals surface area contributed by atoms with Gasteiger partial charge in [-0.05, 0) is 68.5 Å². The molecule has 33 heavy (non-hydrogen) atoms. The second-order valence-electron chi connectivity index (χ2n) is 8.16. The molecule has 6 heteroatoms. The predicted octanol–water partition coefficient (Wildman–Crippen LogP) is 4.77. The van der Waals surface area contributed by atoms with Gasteiger partial charge in [0.05, 0.1) is 13.7 Å². The highest BCUT2D eigenvalue weighted by atomic mass is 16.5. The maximum atomic E-state index is 11.9. The highest BCUT2D eigenvalue weighted by molar-refractivity contribution is 6.01. The number of methoxy groups -OCH3 is 1. The van der Waals surface area contributed by atoms with Crippen LogP contribution in [0.1, 0.15) is 48.9 Å². The Balaban J connectivity index is 1.90. The van der Waals surface area contributed by atoms with Gasteiger partial charge in [0.25, 0.3) is 0 Å². The molecule has 1 aliphatic heterocycles. The number of rotatable bonds is 9. The van der Waals surface area contributed by atoms with Gasteiger partial charge in [0, 0.05) is 18.9 Å². The first-order valence-corrected chi connectivity index (χ1v) is 11.0. The maximum absolute atomic E-state index is 11.9. The molecule has 1 aliphatic rings. The second-order valence-corrected chi connectivity index (χ2v) is 8.16. The van der Waals surface area contributed by atoms with Crippen LogP contribution in [0.5, 0.6) is 5.75 Å². The summed E-state index contributed by atoms with van der Waals surface area (Å²) in [5, 5.41) is 0. The second kappa shape index (κ2) is 12.0. The first kappa shape index (κ1) is 25.8. The van der Waals surface area contributed by atoms with Crippen molar-refractivity contribution in [1.82, 2.24) is 4.90 Å². The number of imide groups is 1. The van der Waals surface area contributed by atoms with Crippen molar-refractivity contribution in [1.29, 1.82) is 0 Å². The zero-order valence-corrected chi connectivity index (χ0v) is 20.4. The summed E-state index contributed by atoms with van der Waals surface area (Å²) in [4.78, 5) is 36.1. The lowest BCUT2D eigenvalue weighted by Gasteiger charge is -2.13. The van der Waals surface area contributed by atoms with Gasteiger partial charge >= 0.3 is 5.97 Å². The number of aryl methyl sites for hydroxylation is 1. The third kappa shape index (κ3) is 7.31. The van der Waals surface area contributed by atoms with Gasteiger partial charge < -0.3 is 9.47 Å². The molecule has 1 aromatic rings. The van der Waals surface area contributed by atoms with Gasteiger partial charge in [0.15, 0.2) is 0 Å². The Bertz CT molecular complexity index is 1030. The minimum atomic E-state index is -0.502. The van der Waals surface area contributed by atoms with Gasteiger partial charge in [-0.15, -0.1) is 0 Å². The number of amides is 2. The number of esters is 1. The van der Waals surface area contributed by atoms with Crippen LogP contribution in [0.25, 0.3) is 6.08 Å². The van der Waals surface area contributed by atoms with E-state index in [1.54, 1.807) is 14.0 Å². The van der Waals surface area contributed by atoms with Crippen molar-refractivity contribution < 1.29 is 23.9 Å². The smallest absolute Gasteiger partial charge is 0.331 e. The molecule has 1 fully saturated rings. The van der Waals surface area contributed by atoms with E-state index in [1.165, 1.54) is 17.2 Å². The summed E-state index contributed by atoms with van der Waals surface area (Å²) < 4.78 is 10.5. The maximum Gasteiger partial charge on any atom is 0.331 e. The van der Waals surface area contributed by atoms with E-state index in [4.69, 9.17) is 9.47 Å². The third-order valence-electron chi connectivity index (χ3n) is 5.62. The summed E-state index contributed by atoms with van der Waals surface area (Å²) >= 11 is 0. The van der Waals surface area contributed by atoms with Crippen LogP contribution in [0.15, 0.2) is 47.6 Å². The van der Waals surface area contributed by atoms with Crippen molar-refractivity contribution in [3.8, 4) is 5.75 Å². The third-order valence-corrected chi connectivity index (χ3v) is 5.62. The average molecular weight is 452 g/mol. The molecule has 2 amide bonds. The zero-order chi connectivity index (χ0) is 24.5. The van der Waals surface area contributed by atoms with E-state index < -0.39 is 5.97 Å². The largest absolute Gasteiger partial charge is 0.496 e. The fourth-order valence-corrected chi connectivity index (χ4v) is 3.54. The number of carbonyl (C=O) groups is 3. The fraction of sp³-hybridized carbons (Fsp3) is 0.370. The lowest BCUT2D eigenvalue weighted by Crippen LogP contribution is -2.32. The number of hydrogen-bond acceptors (Lipinski definition) is 5. The van der Waals surface area contributed by atoms with E-state index in [9.17, 15) is 14.4 Å². The molecule has 0 saturated carbocycles. The molecule has 0 aliphatic carbocycles. The van der Waals surface area contributed by atoms with Gasteiger partial charge in [-0.3, -0.25) is 14.5 Å². The van der Waals surface area contributed by atoms with Gasteiger partial charge in [0.1, 0.15) is 12.4 Å². The minimum Gasteiger partial charge on any atom is -0.496 e. The van der Waals surface area contributed by atoms with Crippen LogP contribution in [0.2, 0.25) is 0 Å². The van der Waals surface area contributed by atoms with Crippen LogP contribution in [0, 0.1) is 20.8 Å². The normalized spacial score (nSPS) is 15.3. The number of likely N-dealkylation sites (tertiary alicyclic amines) is 1. The first-order chi connectivity index (χ1) is 15.6. The van der Waals surface area contributed by atoms with E-state index in [2.05, 4.69) is 39.0 Å². The number of nitrogens with zero attached hydrogens (tertiary/aromatic N) is 1. The zero-order valence-electron chi connectivity index (χ0n) is 20.4. The Labute approximate surface area is 196 Å². The van der Waals surface area contributed by atoms with Gasteiger partial charge in [-0.1, -0.05) is 36.0 Å². The molecule has 1 saturated heterocycles. The van der Waals surface area contributed by atoms with Crippen molar-refractivity contribution in [2.24, 2.45) is 0 Å². The number of carbonyl (C=O) groups excluding carboxylic acids is 3. The van der Waals surface area contributed by atoms with Crippen LogP contribution >= 0.6 is 0 Å². The lowest BCUT2D eigenvalue weighted by molar-refractivity contribution is -0.144. The predicted molar refractivity (Wildman–Crippen MR) is 130 cm³/mol. The molecular formula is C27H33NO5. The van der Waals surface area contributed by atoms with Crippen molar-refractivity contribution in [2.75, 3.05) is 20.3 Å². The summed E-state index contributed by atoms with van der Waals surface area (Å²) in [7, 11) is 1.69. The topological polar surface area (TPSA) is 72.9 Å². The minimum absolute atomic E-state index is 0.00270. The standard InChI is InChI=1S/C27H33NO5/c1-18(10-11-23-20(3)17-24(32-6)22(5)21(23)4)8-7-9-19(2)16-27(31)33-15-14-28-25(29)12-13-26(28)30/h7-11,16-17H,12-15H2,1-6H3. The molecule has 0 radical (unpaired) electrons. The van der Waals surface area contributed by atoms with E-state index in [0.717, 1.165) is 32.9 Å². The highest BCUT2D eigenvalue weighted by Gasteiger charge is 2.28. The molecule has 6 nitrogen and oxygen atoms in total. The molecule has 176 valence electrons. The number of ether oxygens (including phenoxy) is 2. The van der Waals surface area contributed by atoms with E-state index in [1.807, 2.05) is 25.2 Å². The summed E-state index contributed by atoms with van der Waals surface area (Å²) in [6.45, 7) is 10.1. The molecule has 0 bridgehead atoms. The van der Waals surface area contributed by atoms with Gasteiger partial charge in [0.2, 0.25) is 11.8 Å². The highest BCUT2D eigenvalue weighted by Crippen LogP contribution is 2.28. The van der Waals surface area contributed by atoms with Crippen LogP contribution in [-0.4, -0.2) is 42.9 Å². The SMILES string of the molecule is COc1cc(C)c(C=CC(C)=CC=CC(C)=CC(=O)OCCN2C(=O)CCC2=O)c(C)c1C. The van der Waals surface area contributed by atoms with Crippen molar-refractivity contribution >= 4 is 23.9 Å². The molecular weight excluding hydrogens is 418 g/mol.